The fourth-order valence-corrected chi connectivity index (χ4v) is 2.15. The summed E-state index contributed by atoms with van der Waals surface area (Å²) in [5.41, 5.74) is 0. The number of carbonyl (C=O) groups is 1. The Morgan fingerprint density at radius 3 is 2.27 bits per heavy atom. The van der Waals surface area contributed by atoms with Crippen LogP contribution in [-0.2, 0) is 19.7 Å². The van der Waals surface area contributed by atoms with Gasteiger partial charge >= 0.3 is 5.97 Å². The molecule has 0 aliphatic heterocycles. The van der Waals surface area contributed by atoms with Crippen LogP contribution in [0.1, 0.15) is 20.8 Å². The lowest BCUT2D eigenvalue weighted by molar-refractivity contribution is -0.143. The Balaban J connectivity index is 4.62. The Morgan fingerprint density at radius 2 is 1.93 bits per heavy atom. The molecular formula is C8H18N2O4S. The van der Waals surface area contributed by atoms with Gasteiger partial charge in [0.1, 0.15) is 6.04 Å². The summed E-state index contributed by atoms with van der Waals surface area (Å²) in [5, 5.41) is 0. The van der Waals surface area contributed by atoms with Crippen LogP contribution in [0.4, 0.5) is 0 Å². The molecule has 0 spiro atoms. The van der Waals surface area contributed by atoms with Gasteiger partial charge in [0.2, 0.25) is 0 Å². The largest absolute Gasteiger partial charge is 0.468 e. The van der Waals surface area contributed by atoms with Gasteiger partial charge < -0.3 is 4.74 Å². The van der Waals surface area contributed by atoms with E-state index in [2.05, 4.69) is 14.2 Å². The van der Waals surface area contributed by atoms with E-state index in [1.165, 1.54) is 7.11 Å². The van der Waals surface area contributed by atoms with Crippen molar-refractivity contribution in [3.8, 4) is 0 Å². The number of nitrogens with one attached hydrogen (secondary N) is 2. The van der Waals surface area contributed by atoms with Gasteiger partial charge in [-0.05, 0) is 5.92 Å². The van der Waals surface area contributed by atoms with Crippen molar-refractivity contribution in [2.45, 2.75) is 26.8 Å². The quantitative estimate of drug-likeness (QED) is 0.618. The zero-order valence-corrected chi connectivity index (χ0v) is 10.2. The molecule has 1 atom stereocenters. The molecule has 0 radical (unpaired) electrons. The first-order valence-electron chi connectivity index (χ1n) is 4.68. The molecule has 90 valence electrons. The average Bonchev–Trinajstić information content (AvgIpc) is 2.12. The molecule has 0 bridgehead atoms. The molecule has 0 aliphatic rings. The van der Waals surface area contributed by atoms with Gasteiger partial charge in [-0.3, -0.25) is 4.79 Å². The van der Waals surface area contributed by atoms with Crippen LogP contribution in [0.3, 0.4) is 0 Å². The molecule has 0 fully saturated rings. The van der Waals surface area contributed by atoms with Crippen molar-refractivity contribution in [2.75, 3.05) is 13.7 Å². The monoisotopic (exact) mass is 238 g/mol. The predicted octanol–water partition coefficient (Wildman–Crippen LogP) is -0.372. The SMILES string of the molecule is CCNS(=O)(=O)NC(C(=O)OC)C(C)C. The number of carbonyl (C=O) groups excluding carboxylic acids is 1. The average molecular weight is 238 g/mol. The second kappa shape index (κ2) is 6.04. The van der Waals surface area contributed by atoms with E-state index < -0.39 is 22.2 Å². The maximum atomic E-state index is 11.3. The van der Waals surface area contributed by atoms with Gasteiger partial charge in [-0.2, -0.15) is 13.1 Å². The summed E-state index contributed by atoms with van der Waals surface area (Å²) in [7, 11) is -2.41. The Morgan fingerprint density at radius 1 is 1.40 bits per heavy atom. The molecule has 1 unspecified atom stereocenters. The molecule has 0 aliphatic carbocycles. The standard InChI is InChI=1S/C8H18N2O4S/c1-5-9-15(12,13)10-7(6(2)3)8(11)14-4/h6-7,9-10H,5H2,1-4H3. The molecule has 0 aromatic carbocycles. The molecule has 0 saturated heterocycles. The van der Waals surface area contributed by atoms with E-state index in [1.54, 1.807) is 20.8 Å². The minimum Gasteiger partial charge on any atom is -0.468 e. The normalized spacial score (nSPS) is 13.9. The number of hydrogen-bond donors (Lipinski definition) is 2. The van der Waals surface area contributed by atoms with Crippen LogP contribution in [0.5, 0.6) is 0 Å². The van der Waals surface area contributed by atoms with E-state index in [1.807, 2.05) is 0 Å². The highest BCUT2D eigenvalue weighted by Crippen LogP contribution is 2.04. The molecule has 0 saturated carbocycles. The Hall–Kier alpha value is -0.660. The highest BCUT2D eigenvalue weighted by Gasteiger charge is 2.27. The summed E-state index contributed by atoms with van der Waals surface area (Å²) >= 11 is 0. The van der Waals surface area contributed by atoms with E-state index in [9.17, 15) is 13.2 Å². The second-order valence-electron chi connectivity index (χ2n) is 3.36. The van der Waals surface area contributed by atoms with Gasteiger partial charge in [-0.1, -0.05) is 20.8 Å². The van der Waals surface area contributed by atoms with Crippen LogP contribution in [-0.4, -0.2) is 34.1 Å². The fourth-order valence-electron chi connectivity index (χ4n) is 0.982. The number of methoxy groups -OCH3 is 1. The van der Waals surface area contributed by atoms with Crippen molar-refractivity contribution >= 4 is 16.2 Å². The first-order chi connectivity index (χ1) is 6.84. The Bertz CT molecular complexity index is 300. The fraction of sp³-hybridized carbons (Fsp3) is 0.875. The third-order valence-corrected chi connectivity index (χ3v) is 2.97. The topological polar surface area (TPSA) is 84.5 Å². The van der Waals surface area contributed by atoms with Crippen LogP contribution < -0.4 is 9.44 Å². The number of ether oxygens (including phenoxy) is 1. The summed E-state index contributed by atoms with van der Waals surface area (Å²) in [4.78, 5) is 11.3. The molecule has 2 N–H and O–H groups in total. The minimum atomic E-state index is -3.63. The first kappa shape index (κ1) is 14.3. The molecule has 6 nitrogen and oxygen atoms in total. The first-order valence-corrected chi connectivity index (χ1v) is 6.17. The molecular weight excluding hydrogens is 220 g/mol. The maximum Gasteiger partial charge on any atom is 0.324 e. The van der Waals surface area contributed by atoms with Crippen molar-refractivity contribution in [2.24, 2.45) is 5.92 Å². The molecule has 15 heavy (non-hydrogen) atoms. The zero-order valence-electron chi connectivity index (χ0n) is 9.40. The number of esters is 1. The number of rotatable bonds is 6. The van der Waals surface area contributed by atoms with Crippen LogP contribution >= 0.6 is 0 Å². The third kappa shape index (κ3) is 5.10. The highest BCUT2D eigenvalue weighted by molar-refractivity contribution is 7.87. The molecule has 0 aromatic rings. The lowest BCUT2D eigenvalue weighted by atomic mass is 10.1. The van der Waals surface area contributed by atoms with E-state index in [0.717, 1.165) is 0 Å². The predicted molar refractivity (Wildman–Crippen MR) is 56.4 cm³/mol. The summed E-state index contributed by atoms with van der Waals surface area (Å²) in [5.74, 6) is -0.766. The third-order valence-electron chi connectivity index (χ3n) is 1.74. The zero-order chi connectivity index (χ0) is 12.1. The molecule has 0 heterocycles. The van der Waals surface area contributed by atoms with E-state index in [0.29, 0.717) is 0 Å². The molecule has 0 amide bonds. The van der Waals surface area contributed by atoms with Crippen LogP contribution in [0.2, 0.25) is 0 Å². The highest BCUT2D eigenvalue weighted by atomic mass is 32.2. The summed E-state index contributed by atoms with van der Waals surface area (Å²) in [6.45, 7) is 5.38. The Labute approximate surface area is 90.6 Å². The van der Waals surface area contributed by atoms with E-state index >= 15 is 0 Å². The smallest absolute Gasteiger partial charge is 0.324 e. The molecule has 0 rings (SSSR count). The lowest BCUT2D eigenvalue weighted by Gasteiger charge is -2.19. The minimum absolute atomic E-state index is 0.175. The Kier molecular flexibility index (Phi) is 5.77. The van der Waals surface area contributed by atoms with Crippen LogP contribution in [0.25, 0.3) is 0 Å². The van der Waals surface area contributed by atoms with Crippen molar-refractivity contribution < 1.29 is 17.9 Å². The van der Waals surface area contributed by atoms with E-state index in [4.69, 9.17) is 0 Å². The van der Waals surface area contributed by atoms with Crippen molar-refractivity contribution in [3.05, 3.63) is 0 Å². The van der Waals surface area contributed by atoms with Crippen LogP contribution in [0.15, 0.2) is 0 Å². The van der Waals surface area contributed by atoms with Crippen molar-refractivity contribution in [3.63, 3.8) is 0 Å². The van der Waals surface area contributed by atoms with Crippen molar-refractivity contribution in [1.29, 1.82) is 0 Å². The van der Waals surface area contributed by atoms with Gasteiger partial charge in [0.25, 0.3) is 10.2 Å². The van der Waals surface area contributed by atoms with Crippen LogP contribution in [0, 0.1) is 5.92 Å². The second-order valence-corrected chi connectivity index (χ2v) is 4.90. The van der Waals surface area contributed by atoms with Gasteiger partial charge in [0.05, 0.1) is 7.11 Å². The molecule has 0 aromatic heterocycles. The number of hydrogen-bond acceptors (Lipinski definition) is 4. The lowest BCUT2D eigenvalue weighted by Crippen LogP contribution is -2.49. The molecule has 7 heteroatoms. The van der Waals surface area contributed by atoms with Gasteiger partial charge in [0.15, 0.2) is 0 Å². The van der Waals surface area contributed by atoms with Crippen molar-refractivity contribution in [1.82, 2.24) is 9.44 Å². The van der Waals surface area contributed by atoms with Gasteiger partial charge in [-0.25, -0.2) is 4.72 Å². The van der Waals surface area contributed by atoms with E-state index in [-0.39, 0.29) is 12.5 Å². The summed E-state index contributed by atoms with van der Waals surface area (Å²) in [6.07, 6.45) is 0. The summed E-state index contributed by atoms with van der Waals surface area (Å²) < 4.78 is 31.6. The summed E-state index contributed by atoms with van der Waals surface area (Å²) in [6, 6.07) is -0.862. The maximum absolute atomic E-state index is 11.3. The van der Waals surface area contributed by atoms with Gasteiger partial charge in [0, 0.05) is 6.54 Å². The van der Waals surface area contributed by atoms with Gasteiger partial charge in [-0.15, -0.1) is 0 Å².